The van der Waals surface area contributed by atoms with Gasteiger partial charge >= 0.3 is 0 Å². The van der Waals surface area contributed by atoms with E-state index >= 15 is 0 Å². The first-order chi connectivity index (χ1) is 7.70. The Hall–Kier alpha value is -0.830. The summed E-state index contributed by atoms with van der Waals surface area (Å²) in [5.41, 5.74) is 0.959. The van der Waals surface area contributed by atoms with E-state index in [1.807, 2.05) is 19.3 Å². The van der Waals surface area contributed by atoms with E-state index in [1.54, 1.807) is 0 Å². The van der Waals surface area contributed by atoms with Crippen LogP contribution in [0.4, 0.5) is 0 Å². The van der Waals surface area contributed by atoms with Crippen molar-refractivity contribution in [3.05, 3.63) is 18.0 Å². The number of aromatic nitrogens is 2. The molecule has 0 amide bonds. The van der Waals surface area contributed by atoms with Crippen LogP contribution in [0.1, 0.15) is 63.7 Å². The summed E-state index contributed by atoms with van der Waals surface area (Å²) in [6.07, 6.45) is 9.30. The number of nitrogens with zero attached hydrogens (tertiary/aromatic N) is 2. The summed E-state index contributed by atoms with van der Waals surface area (Å²) in [6.45, 7) is 4.32. The molecule has 1 aromatic heterocycles. The summed E-state index contributed by atoms with van der Waals surface area (Å²) in [5, 5.41) is 14.1. The molecule has 1 N–H and O–H groups in total. The fourth-order valence-electron chi connectivity index (χ4n) is 2.47. The molecule has 1 aliphatic carbocycles. The fraction of sp³-hybridized carbons (Fsp3) is 0.769. The summed E-state index contributed by atoms with van der Waals surface area (Å²) < 4.78 is 2.06. The summed E-state index contributed by atoms with van der Waals surface area (Å²) in [7, 11) is 0. The third-order valence-corrected chi connectivity index (χ3v) is 3.75. The first kappa shape index (κ1) is 11.6. The summed E-state index contributed by atoms with van der Waals surface area (Å²) >= 11 is 0. The Morgan fingerprint density at radius 1 is 1.44 bits per heavy atom. The highest BCUT2D eigenvalue weighted by Gasteiger charge is 2.20. The van der Waals surface area contributed by atoms with Gasteiger partial charge in [-0.15, -0.1) is 0 Å². The Balaban J connectivity index is 2.01. The first-order valence-electron chi connectivity index (χ1n) is 6.42. The van der Waals surface area contributed by atoms with Gasteiger partial charge in [-0.25, -0.2) is 0 Å². The second kappa shape index (κ2) is 5.00. The Labute approximate surface area is 97.5 Å². The molecule has 0 bridgehead atoms. The van der Waals surface area contributed by atoms with Crippen molar-refractivity contribution >= 4 is 0 Å². The lowest BCUT2D eigenvalue weighted by Gasteiger charge is -2.26. The smallest absolute Gasteiger partial charge is 0.0817 e. The lowest BCUT2D eigenvalue weighted by atomic mass is 9.87. The van der Waals surface area contributed by atoms with Gasteiger partial charge in [0.2, 0.25) is 0 Å². The highest BCUT2D eigenvalue weighted by atomic mass is 16.3. The van der Waals surface area contributed by atoms with Crippen LogP contribution in [0.2, 0.25) is 0 Å². The van der Waals surface area contributed by atoms with Gasteiger partial charge in [-0.1, -0.05) is 13.8 Å². The van der Waals surface area contributed by atoms with Crippen LogP contribution < -0.4 is 0 Å². The standard InChI is InChI=1S/C13H22N2O/c1-3-13(16)11-8-14-15(9-11)12-6-4-10(2)5-7-12/h8-10,12-13,16H,3-7H2,1-2H3. The van der Waals surface area contributed by atoms with E-state index in [0.29, 0.717) is 6.04 Å². The molecule has 1 aromatic rings. The number of hydrogen-bond acceptors (Lipinski definition) is 2. The van der Waals surface area contributed by atoms with Crippen LogP contribution in [0.15, 0.2) is 12.4 Å². The molecule has 3 nitrogen and oxygen atoms in total. The maximum absolute atomic E-state index is 9.73. The van der Waals surface area contributed by atoms with Crippen LogP contribution in [-0.4, -0.2) is 14.9 Å². The maximum atomic E-state index is 9.73. The van der Waals surface area contributed by atoms with E-state index in [0.717, 1.165) is 17.9 Å². The van der Waals surface area contributed by atoms with Crippen molar-refractivity contribution in [1.29, 1.82) is 0 Å². The van der Waals surface area contributed by atoms with Gasteiger partial charge in [-0.3, -0.25) is 4.68 Å². The van der Waals surface area contributed by atoms with Gasteiger partial charge in [0.25, 0.3) is 0 Å². The molecular weight excluding hydrogens is 200 g/mol. The Morgan fingerprint density at radius 2 is 2.12 bits per heavy atom. The molecule has 1 fully saturated rings. The molecule has 90 valence electrons. The molecule has 0 saturated heterocycles. The normalized spacial score (nSPS) is 27.9. The zero-order chi connectivity index (χ0) is 11.5. The van der Waals surface area contributed by atoms with Gasteiger partial charge < -0.3 is 5.11 Å². The third kappa shape index (κ3) is 2.46. The molecule has 1 unspecified atom stereocenters. The van der Waals surface area contributed by atoms with E-state index in [9.17, 15) is 5.11 Å². The monoisotopic (exact) mass is 222 g/mol. The minimum Gasteiger partial charge on any atom is -0.388 e. The van der Waals surface area contributed by atoms with Gasteiger partial charge in [-0.05, 0) is 38.0 Å². The van der Waals surface area contributed by atoms with Gasteiger partial charge in [-0.2, -0.15) is 5.10 Å². The fourth-order valence-corrected chi connectivity index (χ4v) is 2.47. The van der Waals surface area contributed by atoms with Crippen molar-refractivity contribution in [3.63, 3.8) is 0 Å². The Kier molecular flexibility index (Phi) is 3.64. The number of aliphatic hydroxyl groups is 1. The molecule has 0 aliphatic heterocycles. The number of rotatable bonds is 3. The highest BCUT2D eigenvalue weighted by molar-refractivity contribution is 5.08. The van der Waals surface area contributed by atoms with Crippen LogP contribution in [-0.2, 0) is 0 Å². The molecule has 1 aliphatic rings. The maximum Gasteiger partial charge on any atom is 0.0817 e. The Morgan fingerprint density at radius 3 is 2.75 bits per heavy atom. The number of hydrogen-bond donors (Lipinski definition) is 1. The lowest BCUT2D eigenvalue weighted by molar-refractivity contribution is 0.173. The van der Waals surface area contributed by atoms with Crippen LogP contribution >= 0.6 is 0 Å². The quantitative estimate of drug-likeness (QED) is 0.853. The van der Waals surface area contributed by atoms with Crippen molar-refractivity contribution < 1.29 is 5.11 Å². The summed E-state index contributed by atoms with van der Waals surface area (Å²) in [4.78, 5) is 0. The predicted octanol–water partition coefficient (Wildman–Crippen LogP) is 3.08. The SMILES string of the molecule is CCC(O)c1cnn(C2CCC(C)CC2)c1. The van der Waals surface area contributed by atoms with E-state index in [4.69, 9.17) is 0 Å². The van der Waals surface area contributed by atoms with Crippen LogP contribution in [0.5, 0.6) is 0 Å². The Bertz CT molecular complexity index is 326. The molecule has 0 radical (unpaired) electrons. The lowest BCUT2D eigenvalue weighted by Crippen LogP contribution is -2.17. The van der Waals surface area contributed by atoms with Gasteiger partial charge in [0.05, 0.1) is 18.3 Å². The molecule has 0 aromatic carbocycles. The van der Waals surface area contributed by atoms with Gasteiger partial charge in [0, 0.05) is 11.8 Å². The van der Waals surface area contributed by atoms with Crippen molar-refractivity contribution in [3.8, 4) is 0 Å². The summed E-state index contributed by atoms with van der Waals surface area (Å²) in [6, 6.07) is 0.550. The third-order valence-electron chi connectivity index (χ3n) is 3.75. The summed E-state index contributed by atoms with van der Waals surface area (Å²) in [5.74, 6) is 0.868. The molecule has 0 spiro atoms. The van der Waals surface area contributed by atoms with Crippen LogP contribution in [0.3, 0.4) is 0 Å². The van der Waals surface area contributed by atoms with Crippen molar-refractivity contribution in [2.75, 3.05) is 0 Å². The first-order valence-corrected chi connectivity index (χ1v) is 6.42. The molecule has 1 saturated carbocycles. The zero-order valence-electron chi connectivity index (χ0n) is 10.3. The molecule has 1 heterocycles. The predicted molar refractivity (Wildman–Crippen MR) is 64.1 cm³/mol. The van der Waals surface area contributed by atoms with Gasteiger partial charge in [0.15, 0.2) is 0 Å². The van der Waals surface area contributed by atoms with E-state index < -0.39 is 0 Å². The second-order valence-electron chi connectivity index (χ2n) is 5.09. The van der Waals surface area contributed by atoms with Crippen LogP contribution in [0.25, 0.3) is 0 Å². The van der Waals surface area contributed by atoms with Crippen molar-refractivity contribution in [1.82, 2.24) is 9.78 Å². The van der Waals surface area contributed by atoms with Crippen molar-refractivity contribution in [2.24, 2.45) is 5.92 Å². The molecule has 16 heavy (non-hydrogen) atoms. The molecular formula is C13H22N2O. The largest absolute Gasteiger partial charge is 0.388 e. The average Bonchev–Trinajstić information content (AvgIpc) is 2.78. The topological polar surface area (TPSA) is 38.1 Å². The van der Waals surface area contributed by atoms with E-state index in [-0.39, 0.29) is 6.10 Å². The molecule has 2 rings (SSSR count). The van der Waals surface area contributed by atoms with Crippen molar-refractivity contribution in [2.45, 2.75) is 58.1 Å². The van der Waals surface area contributed by atoms with E-state index in [1.165, 1.54) is 25.7 Å². The zero-order valence-corrected chi connectivity index (χ0v) is 10.3. The molecule has 3 heteroatoms. The minimum absolute atomic E-state index is 0.351. The second-order valence-corrected chi connectivity index (χ2v) is 5.09. The van der Waals surface area contributed by atoms with Crippen LogP contribution in [0, 0.1) is 5.92 Å². The van der Waals surface area contributed by atoms with E-state index in [2.05, 4.69) is 16.7 Å². The average molecular weight is 222 g/mol. The number of aliphatic hydroxyl groups excluding tert-OH is 1. The minimum atomic E-state index is -0.351. The molecule has 1 atom stereocenters. The highest BCUT2D eigenvalue weighted by Crippen LogP contribution is 2.31. The van der Waals surface area contributed by atoms with Gasteiger partial charge in [0.1, 0.15) is 0 Å².